The molecule has 5 nitrogen and oxygen atoms in total. The molecule has 0 unspecified atom stereocenters. The number of aryl methyl sites for hydroxylation is 2. The summed E-state index contributed by atoms with van der Waals surface area (Å²) in [4.78, 5) is 27.2. The minimum Gasteiger partial charge on any atom is -0.349 e. The molecule has 3 aromatic rings. The number of amides is 2. The number of rotatable bonds is 4. The fraction of sp³-hybridized carbons (Fsp3) is 0.176. The van der Waals surface area contributed by atoms with Crippen LogP contribution in [0.3, 0.4) is 0 Å². The van der Waals surface area contributed by atoms with Crippen LogP contribution in [0.4, 0.5) is 5.69 Å². The first-order chi connectivity index (χ1) is 11.9. The number of halogens is 2. The van der Waals surface area contributed by atoms with E-state index >= 15 is 0 Å². The van der Waals surface area contributed by atoms with Crippen molar-refractivity contribution in [3.8, 4) is 0 Å². The van der Waals surface area contributed by atoms with Crippen LogP contribution in [-0.2, 0) is 4.79 Å². The molecule has 1 aromatic carbocycles. The number of nitrogens with one attached hydrogen (secondary N) is 3. The predicted octanol–water partition coefficient (Wildman–Crippen LogP) is 4.52. The highest BCUT2D eigenvalue weighted by Crippen LogP contribution is 2.38. The molecular weight excluding hydrogens is 381 g/mol. The molecule has 2 heterocycles. The summed E-state index contributed by atoms with van der Waals surface area (Å²) in [6.45, 7) is 3.71. The van der Waals surface area contributed by atoms with Gasteiger partial charge in [0, 0.05) is 5.69 Å². The molecule has 0 aliphatic heterocycles. The molecule has 0 fully saturated rings. The van der Waals surface area contributed by atoms with Gasteiger partial charge in [-0.15, -0.1) is 11.3 Å². The van der Waals surface area contributed by atoms with Gasteiger partial charge < -0.3 is 15.6 Å². The molecule has 3 rings (SSSR count). The fourth-order valence-corrected chi connectivity index (χ4v) is 3.97. The van der Waals surface area contributed by atoms with Gasteiger partial charge in [0.15, 0.2) is 0 Å². The van der Waals surface area contributed by atoms with Crippen molar-refractivity contribution >= 4 is 62.3 Å². The Bertz CT molecular complexity index is 958. The van der Waals surface area contributed by atoms with Crippen molar-refractivity contribution in [1.29, 1.82) is 0 Å². The quantitative estimate of drug-likeness (QED) is 0.607. The average molecular weight is 396 g/mol. The van der Waals surface area contributed by atoms with Crippen LogP contribution in [0, 0.1) is 13.8 Å². The van der Waals surface area contributed by atoms with Crippen LogP contribution in [0.25, 0.3) is 10.2 Å². The SMILES string of the molecule is Cc1cccc(C)c1NC(=O)CNC(=O)c1cc2sc(Cl)c(Cl)c2[nH]1. The van der Waals surface area contributed by atoms with E-state index in [-0.39, 0.29) is 18.4 Å². The number of anilines is 1. The number of carbonyl (C=O) groups is 2. The molecule has 8 heteroatoms. The summed E-state index contributed by atoms with van der Waals surface area (Å²) >= 11 is 13.3. The minimum absolute atomic E-state index is 0.131. The number of hydrogen-bond donors (Lipinski definition) is 3. The molecule has 0 saturated carbocycles. The smallest absolute Gasteiger partial charge is 0.268 e. The molecule has 130 valence electrons. The van der Waals surface area contributed by atoms with E-state index in [4.69, 9.17) is 23.2 Å². The maximum Gasteiger partial charge on any atom is 0.268 e. The maximum absolute atomic E-state index is 12.2. The zero-order chi connectivity index (χ0) is 18.1. The van der Waals surface area contributed by atoms with Crippen LogP contribution < -0.4 is 10.6 Å². The summed E-state index contributed by atoms with van der Waals surface area (Å²) in [7, 11) is 0. The highest BCUT2D eigenvalue weighted by atomic mass is 35.5. The molecule has 0 spiro atoms. The molecule has 0 aliphatic carbocycles. The number of aromatic nitrogens is 1. The fourth-order valence-electron chi connectivity index (χ4n) is 2.49. The summed E-state index contributed by atoms with van der Waals surface area (Å²) < 4.78 is 1.27. The highest BCUT2D eigenvalue weighted by molar-refractivity contribution is 7.23. The van der Waals surface area contributed by atoms with Gasteiger partial charge in [-0.2, -0.15) is 0 Å². The molecule has 3 N–H and O–H groups in total. The molecular formula is C17H15Cl2N3O2S. The van der Waals surface area contributed by atoms with E-state index in [2.05, 4.69) is 15.6 Å². The molecule has 0 atom stereocenters. The third-order valence-corrected chi connectivity index (χ3v) is 5.71. The van der Waals surface area contributed by atoms with Crippen molar-refractivity contribution in [1.82, 2.24) is 10.3 Å². The lowest BCUT2D eigenvalue weighted by atomic mass is 10.1. The Balaban J connectivity index is 1.64. The van der Waals surface area contributed by atoms with Crippen molar-refractivity contribution < 1.29 is 9.59 Å². The van der Waals surface area contributed by atoms with Gasteiger partial charge in [0.05, 0.1) is 21.8 Å². The van der Waals surface area contributed by atoms with E-state index < -0.39 is 0 Å². The lowest BCUT2D eigenvalue weighted by Crippen LogP contribution is -2.33. The largest absolute Gasteiger partial charge is 0.349 e. The Labute approximate surface area is 158 Å². The molecule has 25 heavy (non-hydrogen) atoms. The van der Waals surface area contributed by atoms with E-state index in [9.17, 15) is 9.59 Å². The summed E-state index contributed by atoms with van der Waals surface area (Å²) in [6.07, 6.45) is 0. The number of H-pyrrole nitrogens is 1. The average Bonchev–Trinajstić information content (AvgIpc) is 3.09. The van der Waals surface area contributed by atoms with Gasteiger partial charge in [0.2, 0.25) is 5.91 Å². The number of fused-ring (bicyclic) bond motifs is 1. The van der Waals surface area contributed by atoms with E-state index in [0.717, 1.165) is 21.5 Å². The molecule has 0 bridgehead atoms. The summed E-state index contributed by atoms with van der Waals surface area (Å²) in [5.41, 5.74) is 3.66. The Morgan fingerprint density at radius 3 is 2.52 bits per heavy atom. The van der Waals surface area contributed by atoms with Crippen LogP contribution in [0.5, 0.6) is 0 Å². The Kier molecular flexibility index (Phi) is 5.03. The monoisotopic (exact) mass is 395 g/mol. The topological polar surface area (TPSA) is 74.0 Å². The van der Waals surface area contributed by atoms with Gasteiger partial charge in [-0.05, 0) is 31.0 Å². The standard InChI is InChI=1S/C17H15Cl2N3O2S/c1-8-4-3-5-9(2)14(8)22-12(23)7-20-17(24)10-6-11-15(21-10)13(18)16(19)25-11/h3-6,21H,7H2,1-2H3,(H,20,24)(H,22,23). The van der Waals surface area contributed by atoms with Crippen LogP contribution in [-0.4, -0.2) is 23.3 Å². The summed E-state index contributed by atoms with van der Waals surface area (Å²) in [6, 6.07) is 7.43. The van der Waals surface area contributed by atoms with Gasteiger partial charge in [0.1, 0.15) is 10.0 Å². The number of aromatic amines is 1. The van der Waals surface area contributed by atoms with Crippen molar-refractivity contribution in [2.45, 2.75) is 13.8 Å². The lowest BCUT2D eigenvalue weighted by Gasteiger charge is -2.11. The second-order valence-electron chi connectivity index (χ2n) is 5.61. The summed E-state index contributed by atoms with van der Waals surface area (Å²) in [5, 5.41) is 5.81. The second-order valence-corrected chi connectivity index (χ2v) is 7.64. The van der Waals surface area contributed by atoms with Gasteiger partial charge in [0.25, 0.3) is 5.91 Å². The van der Waals surface area contributed by atoms with Crippen molar-refractivity contribution in [2.75, 3.05) is 11.9 Å². The molecule has 0 aliphatic rings. The van der Waals surface area contributed by atoms with E-state index in [1.165, 1.54) is 11.3 Å². The van der Waals surface area contributed by atoms with Crippen molar-refractivity contribution in [3.05, 3.63) is 50.4 Å². The van der Waals surface area contributed by atoms with Gasteiger partial charge >= 0.3 is 0 Å². The van der Waals surface area contributed by atoms with Crippen LogP contribution in [0.2, 0.25) is 9.36 Å². The molecule has 0 radical (unpaired) electrons. The summed E-state index contributed by atoms with van der Waals surface area (Å²) in [5.74, 6) is -0.674. The number of thiophene rings is 1. The number of benzene rings is 1. The zero-order valence-electron chi connectivity index (χ0n) is 13.5. The van der Waals surface area contributed by atoms with Crippen LogP contribution in [0.15, 0.2) is 24.3 Å². The Hall–Kier alpha value is -2.02. The van der Waals surface area contributed by atoms with E-state index in [1.807, 2.05) is 32.0 Å². The van der Waals surface area contributed by atoms with Gasteiger partial charge in [-0.25, -0.2) is 0 Å². The van der Waals surface area contributed by atoms with Gasteiger partial charge in [-0.1, -0.05) is 41.4 Å². The van der Waals surface area contributed by atoms with Crippen LogP contribution in [0.1, 0.15) is 21.6 Å². The predicted molar refractivity (Wildman–Crippen MR) is 103 cm³/mol. The van der Waals surface area contributed by atoms with Crippen molar-refractivity contribution in [2.24, 2.45) is 0 Å². The second kappa shape index (κ2) is 7.07. The number of carbonyl (C=O) groups excluding carboxylic acids is 2. The Morgan fingerprint density at radius 2 is 1.88 bits per heavy atom. The molecule has 2 amide bonds. The first-order valence-corrected chi connectivity index (χ1v) is 9.05. The lowest BCUT2D eigenvalue weighted by molar-refractivity contribution is -0.115. The van der Waals surface area contributed by atoms with Gasteiger partial charge in [-0.3, -0.25) is 9.59 Å². The van der Waals surface area contributed by atoms with E-state index in [1.54, 1.807) is 6.07 Å². The third kappa shape index (κ3) is 3.66. The maximum atomic E-state index is 12.2. The van der Waals surface area contributed by atoms with Crippen LogP contribution >= 0.6 is 34.5 Å². The van der Waals surface area contributed by atoms with Crippen molar-refractivity contribution in [3.63, 3.8) is 0 Å². The molecule has 2 aromatic heterocycles. The Morgan fingerprint density at radius 1 is 1.20 bits per heavy atom. The number of para-hydroxylation sites is 1. The first kappa shape index (κ1) is 17.8. The number of hydrogen-bond acceptors (Lipinski definition) is 3. The van der Waals surface area contributed by atoms with E-state index in [0.29, 0.717) is 20.6 Å². The normalized spacial score (nSPS) is 10.9. The molecule has 0 saturated heterocycles. The first-order valence-electron chi connectivity index (χ1n) is 7.47. The zero-order valence-corrected chi connectivity index (χ0v) is 15.8. The highest BCUT2D eigenvalue weighted by Gasteiger charge is 2.16. The third-order valence-electron chi connectivity index (χ3n) is 3.77. The minimum atomic E-state index is -0.382.